The number of carbonyl (C=O) groups excluding carboxylic acids is 1. The lowest BCUT2D eigenvalue weighted by Crippen LogP contribution is -2.30. The van der Waals surface area contributed by atoms with E-state index in [1.807, 2.05) is 4.90 Å². The molecule has 0 unspecified atom stereocenters. The van der Waals surface area contributed by atoms with E-state index in [1.54, 1.807) is 12.1 Å². The predicted octanol–water partition coefficient (Wildman–Crippen LogP) is 1.56. The molecule has 140 valence electrons. The zero-order valence-corrected chi connectivity index (χ0v) is 15.2. The standard InChI is InChI=1S/C17H23N5O4/c1-24-12-9-11(10-13(25-2)14(12)26-3)15(23)22-16(18)19-17(20-22)21-7-5-4-6-8-21/h9-10H,4-8H2,1-3H3,(H2,18,19,20). The maximum atomic E-state index is 12.9. The maximum Gasteiger partial charge on any atom is 0.281 e. The number of methoxy groups -OCH3 is 3. The molecule has 26 heavy (non-hydrogen) atoms. The van der Waals surface area contributed by atoms with Crippen LogP contribution in [0.25, 0.3) is 0 Å². The van der Waals surface area contributed by atoms with Gasteiger partial charge in [0.05, 0.1) is 21.3 Å². The summed E-state index contributed by atoms with van der Waals surface area (Å²) < 4.78 is 17.0. The number of carbonyl (C=O) groups is 1. The van der Waals surface area contributed by atoms with Gasteiger partial charge in [0, 0.05) is 18.7 Å². The van der Waals surface area contributed by atoms with E-state index in [1.165, 1.54) is 27.8 Å². The monoisotopic (exact) mass is 361 g/mol. The van der Waals surface area contributed by atoms with Crippen LogP contribution < -0.4 is 24.8 Å². The van der Waals surface area contributed by atoms with Gasteiger partial charge in [0.25, 0.3) is 5.91 Å². The van der Waals surface area contributed by atoms with Crippen LogP contribution in [-0.4, -0.2) is 55.1 Å². The maximum absolute atomic E-state index is 12.9. The highest BCUT2D eigenvalue weighted by Gasteiger charge is 2.23. The number of aromatic nitrogens is 3. The fourth-order valence-electron chi connectivity index (χ4n) is 3.02. The first-order valence-corrected chi connectivity index (χ1v) is 8.41. The average molecular weight is 361 g/mol. The number of rotatable bonds is 5. The SMILES string of the molecule is COc1cc(C(=O)n2nc(N3CCCCC3)nc2N)cc(OC)c1OC. The molecule has 1 aliphatic rings. The van der Waals surface area contributed by atoms with Gasteiger partial charge >= 0.3 is 0 Å². The second-order valence-electron chi connectivity index (χ2n) is 5.95. The molecular weight excluding hydrogens is 338 g/mol. The van der Waals surface area contributed by atoms with Gasteiger partial charge in [-0.15, -0.1) is 5.10 Å². The van der Waals surface area contributed by atoms with Crippen molar-refractivity contribution < 1.29 is 19.0 Å². The summed E-state index contributed by atoms with van der Waals surface area (Å²) in [5.41, 5.74) is 6.24. The number of benzene rings is 1. The van der Waals surface area contributed by atoms with Gasteiger partial charge in [-0.3, -0.25) is 4.79 Å². The summed E-state index contributed by atoms with van der Waals surface area (Å²) in [4.78, 5) is 19.2. The van der Waals surface area contributed by atoms with E-state index in [-0.39, 0.29) is 5.95 Å². The third-order valence-electron chi connectivity index (χ3n) is 4.36. The third kappa shape index (κ3) is 3.24. The molecule has 0 aliphatic carbocycles. The van der Waals surface area contributed by atoms with Gasteiger partial charge in [0.2, 0.25) is 17.6 Å². The lowest BCUT2D eigenvalue weighted by atomic mass is 10.1. The lowest BCUT2D eigenvalue weighted by molar-refractivity contribution is 0.0947. The first-order valence-electron chi connectivity index (χ1n) is 8.41. The minimum Gasteiger partial charge on any atom is -0.493 e. The molecule has 0 radical (unpaired) electrons. The van der Waals surface area contributed by atoms with E-state index in [0.717, 1.165) is 30.6 Å². The van der Waals surface area contributed by atoms with Gasteiger partial charge in [-0.25, -0.2) is 0 Å². The van der Waals surface area contributed by atoms with Crippen LogP contribution in [-0.2, 0) is 0 Å². The normalized spacial score (nSPS) is 14.2. The van der Waals surface area contributed by atoms with Crippen molar-refractivity contribution in [3.63, 3.8) is 0 Å². The molecule has 3 rings (SSSR count). The third-order valence-corrected chi connectivity index (χ3v) is 4.36. The molecule has 1 saturated heterocycles. The summed E-state index contributed by atoms with van der Waals surface area (Å²) in [6.45, 7) is 1.73. The van der Waals surface area contributed by atoms with Crippen molar-refractivity contribution in [2.75, 3.05) is 45.1 Å². The molecule has 1 fully saturated rings. The lowest BCUT2D eigenvalue weighted by Gasteiger charge is -2.24. The zero-order valence-electron chi connectivity index (χ0n) is 15.2. The molecule has 1 aromatic carbocycles. The van der Waals surface area contributed by atoms with E-state index >= 15 is 0 Å². The van der Waals surface area contributed by atoms with Gasteiger partial charge in [-0.1, -0.05) is 0 Å². The zero-order chi connectivity index (χ0) is 18.7. The number of nitrogens with zero attached hydrogens (tertiary/aromatic N) is 4. The molecule has 2 heterocycles. The topological polar surface area (TPSA) is 105 Å². The highest BCUT2D eigenvalue weighted by molar-refractivity contribution is 5.98. The summed E-state index contributed by atoms with van der Waals surface area (Å²) in [7, 11) is 4.48. The van der Waals surface area contributed by atoms with E-state index in [9.17, 15) is 4.79 Å². The Morgan fingerprint density at radius 3 is 2.19 bits per heavy atom. The highest BCUT2D eigenvalue weighted by Crippen LogP contribution is 2.38. The quantitative estimate of drug-likeness (QED) is 0.855. The van der Waals surface area contributed by atoms with Gasteiger partial charge in [-0.2, -0.15) is 9.67 Å². The molecule has 0 saturated carbocycles. The Hall–Kier alpha value is -2.97. The van der Waals surface area contributed by atoms with Gasteiger partial charge in [0.1, 0.15) is 0 Å². The molecule has 2 aromatic rings. The summed E-state index contributed by atoms with van der Waals surface area (Å²) in [5, 5.41) is 4.31. The van der Waals surface area contributed by atoms with E-state index in [0.29, 0.717) is 28.8 Å². The first kappa shape index (κ1) is 17.8. The fourth-order valence-corrected chi connectivity index (χ4v) is 3.02. The second kappa shape index (κ2) is 7.51. The van der Waals surface area contributed by atoms with Crippen LogP contribution in [0.5, 0.6) is 17.2 Å². The molecule has 1 aliphatic heterocycles. The van der Waals surface area contributed by atoms with E-state index < -0.39 is 5.91 Å². The number of hydrogen-bond donors (Lipinski definition) is 1. The Balaban J connectivity index is 1.95. The number of hydrogen-bond acceptors (Lipinski definition) is 8. The molecular formula is C17H23N5O4. The number of piperidine rings is 1. The summed E-state index contributed by atoms with van der Waals surface area (Å²) in [6, 6.07) is 3.12. The van der Waals surface area contributed by atoms with Crippen LogP contribution >= 0.6 is 0 Å². The Kier molecular flexibility index (Phi) is 5.15. The Morgan fingerprint density at radius 2 is 1.65 bits per heavy atom. The average Bonchev–Trinajstić information content (AvgIpc) is 3.08. The first-order chi connectivity index (χ1) is 12.6. The van der Waals surface area contributed by atoms with Crippen LogP contribution in [0.3, 0.4) is 0 Å². The molecule has 0 atom stereocenters. The summed E-state index contributed by atoms with van der Waals surface area (Å²) >= 11 is 0. The van der Waals surface area contributed by atoms with E-state index in [4.69, 9.17) is 19.9 Å². The van der Waals surface area contributed by atoms with Crippen molar-refractivity contribution in [3.8, 4) is 17.2 Å². The van der Waals surface area contributed by atoms with Crippen molar-refractivity contribution in [2.24, 2.45) is 0 Å². The van der Waals surface area contributed by atoms with Crippen molar-refractivity contribution >= 4 is 17.8 Å². The van der Waals surface area contributed by atoms with Crippen molar-refractivity contribution in [1.29, 1.82) is 0 Å². The molecule has 0 amide bonds. The van der Waals surface area contributed by atoms with E-state index in [2.05, 4.69) is 10.1 Å². The van der Waals surface area contributed by atoms with Gasteiger partial charge < -0.3 is 24.8 Å². The fraction of sp³-hybridized carbons (Fsp3) is 0.471. The summed E-state index contributed by atoms with van der Waals surface area (Å²) in [5.74, 6) is 1.27. The summed E-state index contributed by atoms with van der Waals surface area (Å²) in [6.07, 6.45) is 3.35. The Morgan fingerprint density at radius 1 is 1.04 bits per heavy atom. The van der Waals surface area contributed by atoms with Crippen LogP contribution in [0.15, 0.2) is 12.1 Å². The highest BCUT2D eigenvalue weighted by atomic mass is 16.5. The number of ether oxygens (including phenoxy) is 3. The molecule has 0 bridgehead atoms. The van der Waals surface area contributed by atoms with Gasteiger partial charge in [-0.05, 0) is 31.4 Å². The predicted molar refractivity (Wildman–Crippen MR) is 96.3 cm³/mol. The van der Waals surface area contributed by atoms with Crippen LogP contribution in [0.4, 0.5) is 11.9 Å². The minimum atomic E-state index is -0.419. The molecule has 1 aromatic heterocycles. The minimum absolute atomic E-state index is 0.0457. The smallest absolute Gasteiger partial charge is 0.281 e. The number of anilines is 2. The molecule has 2 N–H and O–H groups in total. The number of nitrogen functional groups attached to an aromatic ring is 1. The number of nitrogens with two attached hydrogens (primary N) is 1. The van der Waals surface area contributed by atoms with Crippen molar-refractivity contribution in [2.45, 2.75) is 19.3 Å². The second-order valence-corrected chi connectivity index (χ2v) is 5.95. The largest absolute Gasteiger partial charge is 0.493 e. The molecule has 9 nitrogen and oxygen atoms in total. The Bertz CT molecular complexity index is 773. The Labute approximate surface area is 151 Å². The molecule has 0 spiro atoms. The van der Waals surface area contributed by atoms with Crippen LogP contribution in [0.1, 0.15) is 29.6 Å². The van der Waals surface area contributed by atoms with Crippen molar-refractivity contribution in [3.05, 3.63) is 17.7 Å². The van der Waals surface area contributed by atoms with Gasteiger partial charge in [0.15, 0.2) is 11.5 Å². The molecule has 9 heteroatoms. The van der Waals surface area contributed by atoms with Crippen molar-refractivity contribution in [1.82, 2.24) is 14.8 Å². The van der Waals surface area contributed by atoms with Crippen LogP contribution in [0, 0.1) is 0 Å². The van der Waals surface area contributed by atoms with Crippen LogP contribution in [0.2, 0.25) is 0 Å².